The van der Waals surface area contributed by atoms with Crippen LogP contribution in [-0.4, -0.2) is 33.9 Å². The van der Waals surface area contributed by atoms with Gasteiger partial charge in [0, 0.05) is 6.21 Å². The van der Waals surface area contributed by atoms with Crippen molar-refractivity contribution in [3.8, 4) is 0 Å². The SMILES string of the molecule is CCOC(=O)N/N=C\C=C\c1cn(Cc2ccccc2)nn1. The molecule has 22 heavy (non-hydrogen) atoms. The number of carbonyl (C=O) groups excluding carboxylic acids is 1. The monoisotopic (exact) mass is 299 g/mol. The van der Waals surface area contributed by atoms with Crippen LogP contribution in [0.3, 0.4) is 0 Å². The van der Waals surface area contributed by atoms with Crippen LogP contribution >= 0.6 is 0 Å². The summed E-state index contributed by atoms with van der Waals surface area (Å²) in [6.45, 7) is 2.70. The van der Waals surface area contributed by atoms with Gasteiger partial charge in [0.1, 0.15) is 5.69 Å². The Morgan fingerprint density at radius 2 is 2.23 bits per heavy atom. The van der Waals surface area contributed by atoms with E-state index >= 15 is 0 Å². The Morgan fingerprint density at radius 3 is 3.00 bits per heavy atom. The fourth-order valence-electron chi connectivity index (χ4n) is 1.68. The number of aromatic nitrogens is 3. The molecule has 1 amide bonds. The van der Waals surface area contributed by atoms with Crippen LogP contribution in [0.4, 0.5) is 4.79 Å². The van der Waals surface area contributed by atoms with Crippen molar-refractivity contribution in [1.82, 2.24) is 20.4 Å². The van der Waals surface area contributed by atoms with Crippen LogP contribution in [0.2, 0.25) is 0 Å². The third-order valence-corrected chi connectivity index (χ3v) is 2.60. The Hall–Kier alpha value is -2.96. The lowest BCUT2D eigenvalue weighted by atomic mass is 10.2. The Bertz CT molecular complexity index is 649. The smallest absolute Gasteiger partial charge is 0.427 e. The summed E-state index contributed by atoms with van der Waals surface area (Å²) in [6.07, 6.45) is 6.08. The van der Waals surface area contributed by atoms with Crippen molar-refractivity contribution in [2.24, 2.45) is 5.10 Å². The first kappa shape index (κ1) is 15.4. The molecule has 0 saturated heterocycles. The van der Waals surface area contributed by atoms with Gasteiger partial charge in [-0.1, -0.05) is 35.5 Å². The number of carbonyl (C=O) groups is 1. The number of benzene rings is 1. The molecule has 1 heterocycles. The Kier molecular flexibility index (Phi) is 5.86. The van der Waals surface area contributed by atoms with Gasteiger partial charge in [-0.15, -0.1) is 5.10 Å². The van der Waals surface area contributed by atoms with Gasteiger partial charge in [-0.25, -0.2) is 14.9 Å². The number of ether oxygens (including phenoxy) is 1. The second-order valence-electron chi connectivity index (χ2n) is 4.30. The van der Waals surface area contributed by atoms with Crippen molar-refractivity contribution in [1.29, 1.82) is 0 Å². The summed E-state index contributed by atoms with van der Waals surface area (Å²) in [6, 6.07) is 10.0. The van der Waals surface area contributed by atoms with E-state index in [0.29, 0.717) is 18.8 Å². The molecule has 7 heteroatoms. The number of nitrogens with zero attached hydrogens (tertiary/aromatic N) is 4. The maximum atomic E-state index is 11.0. The van der Waals surface area contributed by atoms with Gasteiger partial charge >= 0.3 is 6.09 Å². The van der Waals surface area contributed by atoms with Crippen LogP contribution in [0.25, 0.3) is 6.08 Å². The lowest BCUT2D eigenvalue weighted by Crippen LogP contribution is -2.18. The number of amides is 1. The zero-order chi connectivity index (χ0) is 15.6. The number of nitrogens with one attached hydrogen (secondary N) is 1. The van der Waals surface area contributed by atoms with Crippen LogP contribution in [0.15, 0.2) is 47.7 Å². The summed E-state index contributed by atoms with van der Waals surface area (Å²) < 4.78 is 6.41. The summed E-state index contributed by atoms with van der Waals surface area (Å²) in [7, 11) is 0. The first-order chi connectivity index (χ1) is 10.8. The summed E-state index contributed by atoms with van der Waals surface area (Å²) in [5, 5.41) is 11.8. The van der Waals surface area contributed by atoms with Crippen molar-refractivity contribution < 1.29 is 9.53 Å². The molecule has 0 unspecified atom stereocenters. The number of allylic oxidation sites excluding steroid dienone is 1. The number of hydrogen-bond acceptors (Lipinski definition) is 5. The van der Waals surface area contributed by atoms with Crippen LogP contribution in [-0.2, 0) is 11.3 Å². The van der Waals surface area contributed by atoms with E-state index < -0.39 is 6.09 Å². The lowest BCUT2D eigenvalue weighted by Gasteiger charge is -1.98. The van der Waals surface area contributed by atoms with E-state index in [2.05, 4.69) is 25.6 Å². The second-order valence-corrected chi connectivity index (χ2v) is 4.30. The molecule has 114 valence electrons. The molecular formula is C15H17N5O2. The molecule has 0 saturated carbocycles. The molecule has 2 aromatic rings. The molecule has 0 aliphatic rings. The summed E-state index contributed by atoms with van der Waals surface area (Å²) in [4.78, 5) is 11.0. The van der Waals surface area contributed by atoms with Crippen molar-refractivity contribution >= 4 is 18.4 Å². The molecule has 7 nitrogen and oxygen atoms in total. The Balaban J connectivity index is 1.83. The number of hydrazone groups is 1. The molecule has 1 aromatic heterocycles. The predicted octanol–water partition coefficient (Wildman–Crippen LogP) is 2.07. The minimum atomic E-state index is -0.582. The van der Waals surface area contributed by atoms with Crippen molar-refractivity contribution in [2.45, 2.75) is 13.5 Å². The van der Waals surface area contributed by atoms with Gasteiger partial charge in [0.05, 0.1) is 19.3 Å². The Morgan fingerprint density at radius 1 is 1.41 bits per heavy atom. The van der Waals surface area contributed by atoms with E-state index in [1.165, 1.54) is 6.21 Å². The third-order valence-electron chi connectivity index (χ3n) is 2.60. The molecule has 0 atom stereocenters. The highest BCUT2D eigenvalue weighted by Gasteiger charge is 1.98. The van der Waals surface area contributed by atoms with Crippen molar-refractivity contribution in [3.05, 3.63) is 53.9 Å². The molecule has 0 aliphatic carbocycles. The van der Waals surface area contributed by atoms with Gasteiger partial charge < -0.3 is 4.74 Å². The van der Waals surface area contributed by atoms with Gasteiger partial charge in [-0.2, -0.15) is 5.10 Å². The maximum absolute atomic E-state index is 11.0. The lowest BCUT2D eigenvalue weighted by molar-refractivity contribution is 0.152. The minimum absolute atomic E-state index is 0.307. The minimum Gasteiger partial charge on any atom is -0.449 e. The summed E-state index contributed by atoms with van der Waals surface area (Å²) in [5.74, 6) is 0. The van der Waals surface area contributed by atoms with Gasteiger partial charge in [0.2, 0.25) is 0 Å². The van der Waals surface area contributed by atoms with E-state index in [1.54, 1.807) is 23.8 Å². The van der Waals surface area contributed by atoms with E-state index in [-0.39, 0.29) is 0 Å². The third kappa shape index (κ3) is 5.20. The first-order valence-corrected chi connectivity index (χ1v) is 6.84. The van der Waals surface area contributed by atoms with Crippen LogP contribution in [0.5, 0.6) is 0 Å². The highest BCUT2D eigenvalue weighted by Crippen LogP contribution is 2.02. The normalized spacial score (nSPS) is 11.1. The molecule has 1 aromatic carbocycles. The molecule has 2 rings (SSSR count). The van der Waals surface area contributed by atoms with Crippen LogP contribution < -0.4 is 5.43 Å². The van der Waals surface area contributed by atoms with Gasteiger partial charge in [-0.3, -0.25) is 0 Å². The molecule has 0 radical (unpaired) electrons. The Labute approximate surface area is 128 Å². The maximum Gasteiger partial charge on any atom is 0.427 e. The highest BCUT2D eigenvalue weighted by molar-refractivity contribution is 5.78. The fourth-order valence-corrected chi connectivity index (χ4v) is 1.68. The van der Waals surface area contributed by atoms with Crippen molar-refractivity contribution in [2.75, 3.05) is 6.61 Å². The van der Waals surface area contributed by atoms with E-state index in [1.807, 2.05) is 36.5 Å². The molecule has 0 aliphatic heterocycles. The van der Waals surface area contributed by atoms with Crippen molar-refractivity contribution in [3.63, 3.8) is 0 Å². The van der Waals surface area contributed by atoms with E-state index in [0.717, 1.165) is 5.56 Å². The second kappa shape index (κ2) is 8.35. The highest BCUT2D eigenvalue weighted by atomic mass is 16.5. The standard InChI is InChI=1S/C15H17N5O2/c1-2-22-15(21)18-16-10-6-9-14-12-20(19-17-14)11-13-7-4-3-5-8-13/h3-10,12H,2,11H2,1H3,(H,18,21)/b9-6+,16-10-. The summed E-state index contributed by atoms with van der Waals surface area (Å²) in [5.41, 5.74) is 4.09. The van der Waals surface area contributed by atoms with Gasteiger partial charge in [-0.05, 0) is 24.6 Å². The van der Waals surface area contributed by atoms with Gasteiger partial charge in [0.25, 0.3) is 0 Å². The van der Waals surface area contributed by atoms with E-state index in [4.69, 9.17) is 0 Å². The predicted molar refractivity (Wildman–Crippen MR) is 83.2 cm³/mol. The topological polar surface area (TPSA) is 81.4 Å². The average molecular weight is 299 g/mol. The molecule has 0 fully saturated rings. The fraction of sp³-hybridized carbons (Fsp3) is 0.200. The number of rotatable bonds is 6. The summed E-state index contributed by atoms with van der Waals surface area (Å²) >= 11 is 0. The largest absolute Gasteiger partial charge is 0.449 e. The average Bonchev–Trinajstić information content (AvgIpc) is 2.96. The number of hydrogen-bond donors (Lipinski definition) is 1. The first-order valence-electron chi connectivity index (χ1n) is 6.84. The molecular weight excluding hydrogens is 282 g/mol. The van der Waals surface area contributed by atoms with Gasteiger partial charge in [0.15, 0.2) is 0 Å². The van der Waals surface area contributed by atoms with Crippen LogP contribution in [0, 0.1) is 0 Å². The zero-order valence-corrected chi connectivity index (χ0v) is 12.2. The van der Waals surface area contributed by atoms with Crippen LogP contribution in [0.1, 0.15) is 18.2 Å². The molecule has 0 bridgehead atoms. The molecule has 1 N–H and O–H groups in total. The zero-order valence-electron chi connectivity index (χ0n) is 12.2. The van der Waals surface area contributed by atoms with E-state index in [9.17, 15) is 4.79 Å². The molecule has 0 spiro atoms. The quantitative estimate of drug-likeness (QED) is 0.654.